The molecule has 120 valence electrons. The zero-order valence-electron chi connectivity index (χ0n) is 13.1. The van der Waals surface area contributed by atoms with Crippen LogP contribution in [0.5, 0.6) is 0 Å². The highest BCUT2D eigenvalue weighted by Crippen LogP contribution is 2.22. The van der Waals surface area contributed by atoms with Crippen molar-refractivity contribution < 1.29 is 9.18 Å². The molecule has 1 amide bonds. The van der Waals surface area contributed by atoms with Gasteiger partial charge in [-0.05, 0) is 36.8 Å². The fraction of sp³-hybridized carbons (Fsp3) is 0.278. The molecular weight excluding hydrogens is 293 g/mol. The van der Waals surface area contributed by atoms with E-state index >= 15 is 0 Å². The molecule has 0 aromatic heterocycles. The Hall–Kier alpha value is -2.56. The lowest BCUT2D eigenvalue weighted by atomic mass is 10.1. The first-order valence-corrected chi connectivity index (χ1v) is 7.72. The minimum absolute atomic E-state index is 0.0111. The monoisotopic (exact) mass is 313 g/mol. The molecular formula is C18H20FN3O. The molecule has 0 aliphatic carbocycles. The van der Waals surface area contributed by atoms with Gasteiger partial charge >= 0.3 is 0 Å². The summed E-state index contributed by atoms with van der Waals surface area (Å²) >= 11 is 0. The van der Waals surface area contributed by atoms with Gasteiger partial charge in [0.2, 0.25) is 0 Å². The molecule has 0 spiro atoms. The summed E-state index contributed by atoms with van der Waals surface area (Å²) in [4.78, 5) is 16.4. The van der Waals surface area contributed by atoms with E-state index in [1.165, 1.54) is 6.07 Å². The Bertz CT molecular complexity index is 724. The van der Waals surface area contributed by atoms with Gasteiger partial charge in [-0.3, -0.25) is 4.79 Å². The van der Waals surface area contributed by atoms with E-state index in [4.69, 9.17) is 5.73 Å². The Kier molecular flexibility index (Phi) is 4.19. The topological polar surface area (TPSA) is 49.6 Å². The Labute approximate surface area is 135 Å². The number of halogens is 1. The molecule has 0 saturated carbocycles. The molecule has 0 bridgehead atoms. The van der Waals surface area contributed by atoms with Gasteiger partial charge in [0.1, 0.15) is 5.82 Å². The van der Waals surface area contributed by atoms with Gasteiger partial charge in [0.25, 0.3) is 5.91 Å². The van der Waals surface area contributed by atoms with E-state index in [0.717, 1.165) is 5.56 Å². The van der Waals surface area contributed by atoms with Gasteiger partial charge < -0.3 is 15.5 Å². The van der Waals surface area contributed by atoms with Crippen LogP contribution in [-0.4, -0.2) is 37.0 Å². The lowest BCUT2D eigenvalue weighted by Gasteiger charge is -2.36. The summed E-state index contributed by atoms with van der Waals surface area (Å²) < 4.78 is 13.9. The van der Waals surface area contributed by atoms with E-state index < -0.39 is 0 Å². The maximum absolute atomic E-state index is 13.9. The summed E-state index contributed by atoms with van der Waals surface area (Å²) in [6.45, 7) is 4.24. The third-order valence-electron chi connectivity index (χ3n) is 4.37. The summed E-state index contributed by atoms with van der Waals surface area (Å²) in [7, 11) is 0. The van der Waals surface area contributed by atoms with Gasteiger partial charge in [-0.25, -0.2) is 4.39 Å². The first kappa shape index (κ1) is 15.3. The summed E-state index contributed by atoms with van der Waals surface area (Å²) in [5.74, 6) is -0.234. The molecule has 2 N–H and O–H groups in total. The molecule has 1 saturated heterocycles. The average molecular weight is 313 g/mol. The normalized spacial score (nSPS) is 14.9. The first-order chi connectivity index (χ1) is 11.1. The molecule has 2 aromatic carbocycles. The van der Waals surface area contributed by atoms with Crippen LogP contribution in [-0.2, 0) is 0 Å². The molecule has 2 aromatic rings. The van der Waals surface area contributed by atoms with Crippen LogP contribution in [0.2, 0.25) is 0 Å². The van der Waals surface area contributed by atoms with Crippen molar-refractivity contribution in [2.45, 2.75) is 6.92 Å². The number of benzene rings is 2. The average Bonchev–Trinajstić information content (AvgIpc) is 2.57. The second kappa shape index (κ2) is 6.28. The van der Waals surface area contributed by atoms with Crippen molar-refractivity contribution in [2.75, 3.05) is 36.8 Å². The van der Waals surface area contributed by atoms with E-state index in [1.54, 1.807) is 35.2 Å². The van der Waals surface area contributed by atoms with Crippen LogP contribution in [0.25, 0.3) is 0 Å². The third kappa shape index (κ3) is 2.99. The predicted octanol–water partition coefficient (Wildman–Crippen LogP) is 2.68. The minimum atomic E-state index is -0.223. The van der Waals surface area contributed by atoms with Gasteiger partial charge in [0.15, 0.2) is 0 Å². The molecule has 1 aliphatic rings. The van der Waals surface area contributed by atoms with Gasteiger partial charge in [0.05, 0.1) is 5.69 Å². The first-order valence-electron chi connectivity index (χ1n) is 7.72. The molecule has 1 aliphatic heterocycles. The van der Waals surface area contributed by atoms with Crippen LogP contribution in [0.15, 0.2) is 42.5 Å². The van der Waals surface area contributed by atoms with Crippen molar-refractivity contribution in [1.82, 2.24) is 4.90 Å². The molecule has 4 nitrogen and oxygen atoms in total. The van der Waals surface area contributed by atoms with Crippen molar-refractivity contribution in [2.24, 2.45) is 0 Å². The number of para-hydroxylation sites is 1. The van der Waals surface area contributed by atoms with Crippen molar-refractivity contribution in [3.05, 3.63) is 59.4 Å². The number of amides is 1. The smallest absolute Gasteiger partial charge is 0.254 e. The second-order valence-electron chi connectivity index (χ2n) is 5.75. The summed E-state index contributed by atoms with van der Waals surface area (Å²) in [6.07, 6.45) is 0. The molecule has 3 rings (SSSR count). The summed E-state index contributed by atoms with van der Waals surface area (Å²) in [5.41, 5.74) is 8.56. The van der Waals surface area contributed by atoms with Crippen LogP contribution in [0.3, 0.4) is 0 Å². The number of carbonyl (C=O) groups is 1. The second-order valence-corrected chi connectivity index (χ2v) is 5.75. The highest BCUT2D eigenvalue weighted by atomic mass is 19.1. The Morgan fingerprint density at radius 2 is 1.74 bits per heavy atom. The Balaban J connectivity index is 1.71. The number of nitrogen functional groups attached to an aromatic ring is 1. The number of hydrogen-bond acceptors (Lipinski definition) is 3. The van der Waals surface area contributed by atoms with Crippen molar-refractivity contribution in [1.29, 1.82) is 0 Å². The van der Waals surface area contributed by atoms with E-state index in [0.29, 0.717) is 43.1 Å². The highest BCUT2D eigenvalue weighted by molar-refractivity contribution is 5.97. The molecule has 0 unspecified atom stereocenters. The molecule has 1 fully saturated rings. The van der Waals surface area contributed by atoms with E-state index in [9.17, 15) is 9.18 Å². The quantitative estimate of drug-likeness (QED) is 0.867. The van der Waals surface area contributed by atoms with E-state index in [-0.39, 0.29) is 11.7 Å². The van der Waals surface area contributed by atoms with Crippen LogP contribution in [0, 0.1) is 12.7 Å². The number of nitrogens with two attached hydrogens (primary N) is 1. The number of piperazine rings is 1. The zero-order chi connectivity index (χ0) is 16.4. The molecule has 1 heterocycles. The molecule has 0 radical (unpaired) electrons. The maximum atomic E-state index is 13.9. The standard InChI is InChI=1S/C18H20FN3O/c1-13-14(5-4-7-16(13)20)18(23)22-11-9-21(10-12-22)17-8-3-2-6-15(17)19/h2-8H,9-12,20H2,1H3. The van der Waals surface area contributed by atoms with Crippen LogP contribution >= 0.6 is 0 Å². The maximum Gasteiger partial charge on any atom is 0.254 e. The minimum Gasteiger partial charge on any atom is -0.398 e. The van der Waals surface area contributed by atoms with Crippen molar-refractivity contribution in [3.8, 4) is 0 Å². The summed E-state index contributed by atoms with van der Waals surface area (Å²) in [5, 5.41) is 0. The molecule has 5 heteroatoms. The number of rotatable bonds is 2. The van der Waals surface area contributed by atoms with Crippen molar-refractivity contribution >= 4 is 17.3 Å². The van der Waals surface area contributed by atoms with Gasteiger partial charge in [-0.1, -0.05) is 18.2 Å². The SMILES string of the molecule is Cc1c(N)cccc1C(=O)N1CCN(c2ccccc2F)CC1. The lowest BCUT2D eigenvalue weighted by molar-refractivity contribution is 0.0746. The largest absolute Gasteiger partial charge is 0.398 e. The van der Waals surface area contributed by atoms with E-state index in [1.807, 2.05) is 17.9 Å². The van der Waals surface area contributed by atoms with Crippen molar-refractivity contribution in [3.63, 3.8) is 0 Å². The molecule has 0 atom stereocenters. The Morgan fingerprint density at radius 3 is 2.43 bits per heavy atom. The van der Waals surface area contributed by atoms with Gasteiger partial charge in [-0.2, -0.15) is 0 Å². The van der Waals surface area contributed by atoms with Crippen LogP contribution in [0.4, 0.5) is 15.8 Å². The lowest BCUT2D eigenvalue weighted by Crippen LogP contribution is -2.49. The van der Waals surface area contributed by atoms with E-state index in [2.05, 4.69) is 0 Å². The predicted molar refractivity (Wildman–Crippen MR) is 90.1 cm³/mol. The fourth-order valence-electron chi connectivity index (χ4n) is 2.91. The number of anilines is 2. The highest BCUT2D eigenvalue weighted by Gasteiger charge is 2.24. The fourth-order valence-corrected chi connectivity index (χ4v) is 2.91. The van der Waals surface area contributed by atoms with Crippen LogP contribution < -0.4 is 10.6 Å². The number of hydrogen-bond donors (Lipinski definition) is 1. The number of nitrogens with zero attached hydrogens (tertiary/aromatic N) is 2. The van der Waals surface area contributed by atoms with Gasteiger partial charge in [-0.15, -0.1) is 0 Å². The zero-order valence-corrected chi connectivity index (χ0v) is 13.1. The molecule has 23 heavy (non-hydrogen) atoms. The Morgan fingerprint density at radius 1 is 1.04 bits per heavy atom. The van der Waals surface area contributed by atoms with Crippen LogP contribution in [0.1, 0.15) is 15.9 Å². The van der Waals surface area contributed by atoms with Gasteiger partial charge in [0, 0.05) is 37.4 Å². The third-order valence-corrected chi connectivity index (χ3v) is 4.37. The number of carbonyl (C=O) groups excluding carboxylic acids is 1. The summed E-state index contributed by atoms with van der Waals surface area (Å²) in [6, 6.07) is 12.1.